The van der Waals surface area contributed by atoms with Crippen LogP contribution in [0.15, 0.2) is 53.1 Å². The zero-order chi connectivity index (χ0) is 14.8. The Bertz CT molecular complexity index is 570. The first-order chi connectivity index (χ1) is 9.47. The highest BCUT2D eigenvalue weighted by Gasteiger charge is 2.37. The second-order valence-corrected chi connectivity index (χ2v) is 6.51. The first-order valence-electron chi connectivity index (χ1n) is 6.08. The van der Waals surface area contributed by atoms with E-state index in [1.54, 1.807) is 24.3 Å². The minimum Gasteiger partial charge on any atom is -0.395 e. The van der Waals surface area contributed by atoms with Crippen molar-refractivity contribution >= 4 is 23.4 Å². The summed E-state index contributed by atoms with van der Waals surface area (Å²) in [6.07, 6.45) is 4.76. The van der Waals surface area contributed by atoms with E-state index in [4.69, 9.17) is 11.6 Å². The van der Waals surface area contributed by atoms with Crippen LogP contribution >= 0.6 is 23.4 Å². The molecule has 0 amide bonds. The molecule has 1 aromatic carbocycles. The largest absolute Gasteiger partial charge is 0.395 e. The Balaban J connectivity index is 2.25. The highest BCUT2D eigenvalue weighted by atomic mass is 35.5. The maximum atomic E-state index is 10.8. The predicted molar refractivity (Wildman–Crippen MR) is 80.5 cm³/mol. The van der Waals surface area contributed by atoms with Gasteiger partial charge in [0.05, 0.1) is 16.3 Å². The molecule has 1 aliphatic carbocycles. The van der Waals surface area contributed by atoms with Crippen LogP contribution in [-0.4, -0.2) is 21.4 Å². The number of halogens is 1. The molecular weight excluding hydrogens is 298 g/mol. The lowest BCUT2D eigenvalue weighted by atomic mass is 9.88. The van der Waals surface area contributed by atoms with Gasteiger partial charge in [0.25, 0.3) is 5.70 Å². The molecule has 0 fully saturated rings. The second kappa shape index (κ2) is 5.99. The molecule has 106 valence electrons. The van der Waals surface area contributed by atoms with Crippen molar-refractivity contribution in [1.29, 1.82) is 0 Å². The van der Waals surface area contributed by atoms with Crippen LogP contribution in [0.2, 0.25) is 5.02 Å². The van der Waals surface area contributed by atoms with Crippen LogP contribution in [0, 0.1) is 16.0 Å². The molecule has 1 aromatic rings. The van der Waals surface area contributed by atoms with E-state index < -0.39 is 9.67 Å². The number of nitrogens with zero attached hydrogens (tertiary/aromatic N) is 1. The van der Waals surface area contributed by atoms with E-state index >= 15 is 0 Å². The fourth-order valence-corrected chi connectivity index (χ4v) is 3.32. The van der Waals surface area contributed by atoms with Crippen molar-refractivity contribution < 1.29 is 10.0 Å². The maximum Gasteiger partial charge on any atom is 0.265 e. The Hall–Kier alpha value is -1.30. The molecule has 0 aliphatic heterocycles. The third-order valence-electron chi connectivity index (χ3n) is 3.31. The number of aliphatic hydroxyl groups excluding tert-OH is 1. The SMILES string of the molecule is CC1C=C([N+](=O)[O-])C=CC1(CO)Sc1ccc(Cl)cc1. The minimum atomic E-state index is -0.590. The van der Waals surface area contributed by atoms with Crippen molar-refractivity contribution in [1.82, 2.24) is 0 Å². The van der Waals surface area contributed by atoms with Gasteiger partial charge in [-0.25, -0.2) is 0 Å². The van der Waals surface area contributed by atoms with E-state index in [0.29, 0.717) is 5.02 Å². The van der Waals surface area contributed by atoms with Crippen LogP contribution in [0.25, 0.3) is 0 Å². The molecule has 0 saturated carbocycles. The van der Waals surface area contributed by atoms with Gasteiger partial charge in [-0.05, 0) is 30.3 Å². The summed E-state index contributed by atoms with van der Waals surface area (Å²) < 4.78 is -0.590. The third-order valence-corrected chi connectivity index (χ3v) is 5.08. The Morgan fingerprint density at radius 2 is 2.10 bits per heavy atom. The number of hydrogen-bond acceptors (Lipinski definition) is 4. The standard InChI is InChI=1S/C14H14ClNO3S/c1-10-8-12(16(18)19)6-7-14(10,9-17)20-13-4-2-11(15)3-5-13/h2-8,10,17H,9H2,1H3. The van der Waals surface area contributed by atoms with Crippen molar-refractivity contribution in [2.75, 3.05) is 6.61 Å². The van der Waals surface area contributed by atoms with Gasteiger partial charge in [0.2, 0.25) is 0 Å². The molecular formula is C14H14ClNO3S. The quantitative estimate of drug-likeness (QED) is 0.682. The summed E-state index contributed by atoms with van der Waals surface area (Å²) in [7, 11) is 0. The Kier molecular flexibility index (Phi) is 4.52. The van der Waals surface area contributed by atoms with Crippen molar-refractivity contribution in [2.24, 2.45) is 5.92 Å². The summed E-state index contributed by atoms with van der Waals surface area (Å²) in [4.78, 5) is 11.3. The van der Waals surface area contributed by atoms with Crippen molar-refractivity contribution in [2.45, 2.75) is 16.6 Å². The van der Waals surface area contributed by atoms with Gasteiger partial charge in [0.15, 0.2) is 0 Å². The zero-order valence-electron chi connectivity index (χ0n) is 10.8. The van der Waals surface area contributed by atoms with Crippen LogP contribution in [0.1, 0.15) is 6.92 Å². The molecule has 0 spiro atoms. The Morgan fingerprint density at radius 1 is 1.45 bits per heavy atom. The van der Waals surface area contributed by atoms with Crippen LogP contribution in [0.4, 0.5) is 0 Å². The first kappa shape index (κ1) is 15.1. The highest BCUT2D eigenvalue weighted by molar-refractivity contribution is 8.01. The molecule has 1 N–H and O–H groups in total. The lowest BCUT2D eigenvalue weighted by Crippen LogP contribution is -2.36. The Labute approximate surface area is 126 Å². The third kappa shape index (κ3) is 3.06. The average molecular weight is 312 g/mol. The van der Waals surface area contributed by atoms with Crippen LogP contribution in [0.5, 0.6) is 0 Å². The van der Waals surface area contributed by atoms with E-state index in [9.17, 15) is 15.2 Å². The summed E-state index contributed by atoms with van der Waals surface area (Å²) in [6, 6.07) is 7.31. The lowest BCUT2D eigenvalue weighted by molar-refractivity contribution is -0.419. The average Bonchev–Trinajstić information content (AvgIpc) is 2.43. The molecule has 0 heterocycles. The summed E-state index contributed by atoms with van der Waals surface area (Å²) in [5.74, 6) is -0.154. The zero-order valence-corrected chi connectivity index (χ0v) is 12.4. The highest BCUT2D eigenvalue weighted by Crippen LogP contribution is 2.43. The number of aliphatic hydroxyl groups is 1. The summed E-state index contributed by atoms with van der Waals surface area (Å²) in [6.45, 7) is 1.77. The number of nitro groups is 1. The van der Waals surface area contributed by atoms with Crippen LogP contribution in [-0.2, 0) is 0 Å². The molecule has 2 unspecified atom stereocenters. The van der Waals surface area contributed by atoms with Gasteiger partial charge in [0.1, 0.15) is 0 Å². The monoisotopic (exact) mass is 311 g/mol. The minimum absolute atomic E-state index is 0.0679. The second-order valence-electron chi connectivity index (χ2n) is 4.64. The van der Waals surface area contributed by atoms with E-state index in [1.165, 1.54) is 17.8 Å². The van der Waals surface area contributed by atoms with Crippen LogP contribution < -0.4 is 0 Å². The number of rotatable bonds is 4. The summed E-state index contributed by atoms with van der Waals surface area (Å²) in [5.41, 5.74) is 0.0679. The number of allylic oxidation sites excluding steroid dienone is 2. The van der Waals surface area contributed by atoms with Crippen molar-refractivity contribution in [3.05, 3.63) is 63.3 Å². The fourth-order valence-electron chi connectivity index (χ4n) is 2.03. The molecule has 2 rings (SSSR count). The predicted octanol–water partition coefficient (Wildman–Crippen LogP) is 3.53. The number of thioether (sulfide) groups is 1. The molecule has 20 heavy (non-hydrogen) atoms. The summed E-state index contributed by atoms with van der Waals surface area (Å²) in [5, 5.41) is 21.2. The molecule has 1 aliphatic rings. The molecule has 6 heteroatoms. The Morgan fingerprint density at radius 3 is 2.60 bits per heavy atom. The molecule has 0 radical (unpaired) electrons. The molecule has 2 atom stereocenters. The molecule has 0 saturated heterocycles. The van der Waals surface area contributed by atoms with Gasteiger partial charge in [-0.3, -0.25) is 10.1 Å². The molecule has 0 bridgehead atoms. The van der Waals surface area contributed by atoms with Gasteiger partial charge in [-0.1, -0.05) is 24.6 Å². The van der Waals surface area contributed by atoms with Crippen LogP contribution in [0.3, 0.4) is 0 Å². The van der Waals surface area contributed by atoms with E-state index in [-0.39, 0.29) is 18.2 Å². The van der Waals surface area contributed by atoms with Gasteiger partial charge in [0, 0.05) is 21.9 Å². The smallest absolute Gasteiger partial charge is 0.265 e. The van der Waals surface area contributed by atoms with Crippen molar-refractivity contribution in [3.8, 4) is 0 Å². The summed E-state index contributed by atoms with van der Waals surface area (Å²) >= 11 is 7.33. The maximum absolute atomic E-state index is 10.8. The lowest BCUT2D eigenvalue weighted by Gasteiger charge is -2.34. The van der Waals surface area contributed by atoms with E-state index in [1.807, 2.05) is 19.1 Å². The molecule has 4 nitrogen and oxygen atoms in total. The number of benzene rings is 1. The van der Waals surface area contributed by atoms with E-state index in [0.717, 1.165) is 4.90 Å². The first-order valence-corrected chi connectivity index (χ1v) is 7.27. The van der Waals surface area contributed by atoms with Gasteiger partial charge < -0.3 is 5.11 Å². The van der Waals surface area contributed by atoms with Gasteiger partial charge >= 0.3 is 0 Å². The fraction of sp³-hybridized carbons (Fsp3) is 0.286. The van der Waals surface area contributed by atoms with Crippen molar-refractivity contribution in [3.63, 3.8) is 0 Å². The number of hydrogen-bond donors (Lipinski definition) is 1. The topological polar surface area (TPSA) is 63.4 Å². The molecule has 0 aromatic heterocycles. The van der Waals surface area contributed by atoms with Gasteiger partial charge in [-0.2, -0.15) is 0 Å². The van der Waals surface area contributed by atoms with Gasteiger partial charge in [-0.15, -0.1) is 11.8 Å². The normalized spacial score (nSPS) is 25.4. The van der Waals surface area contributed by atoms with E-state index in [2.05, 4.69) is 0 Å².